The zero-order chi connectivity index (χ0) is 17.6. The molecule has 0 saturated heterocycles. The van der Waals surface area contributed by atoms with Crippen LogP contribution in [-0.2, 0) is 22.4 Å². The molecule has 0 fully saturated rings. The number of hydrogen-bond donors (Lipinski definition) is 2. The molecule has 1 aromatic heterocycles. The zero-order valence-corrected chi connectivity index (χ0v) is 14.4. The van der Waals surface area contributed by atoms with Crippen molar-refractivity contribution >= 4 is 11.9 Å². The average Bonchev–Trinajstić information content (AvgIpc) is 2.88. The molecule has 1 unspecified atom stereocenters. The van der Waals surface area contributed by atoms with Crippen LogP contribution in [0.25, 0.3) is 0 Å². The first-order chi connectivity index (χ1) is 12.1. The van der Waals surface area contributed by atoms with Gasteiger partial charge >= 0.3 is 5.97 Å². The Kier molecular flexibility index (Phi) is 5.48. The Hall–Kier alpha value is -2.63. The Morgan fingerprint density at radius 1 is 1.20 bits per heavy atom. The second-order valence-electron chi connectivity index (χ2n) is 6.33. The number of hydrogen-bond acceptors (Lipinski definition) is 4. The topological polar surface area (TPSA) is 84.1 Å². The SMILES string of the molecule is CC(=O)NCC(OC(=O)c1n[nH]c2c1CCCCC2)c1ccccc1. The second kappa shape index (κ2) is 7.96. The molecule has 25 heavy (non-hydrogen) atoms. The minimum absolute atomic E-state index is 0.161. The van der Waals surface area contributed by atoms with E-state index in [1.54, 1.807) is 0 Å². The Morgan fingerprint density at radius 3 is 2.72 bits per heavy atom. The van der Waals surface area contributed by atoms with E-state index in [1.165, 1.54) is 6.92 Å². The number of aryl methyl sites for hydroxylation is 1. The maximum Gasteiger partial charge on any atom is 0.359 e. The van der Waals surface area contributed by atoms with Crippen molar-refractivity contribution in [2.75, 3.05) is 6.54 Å². The van der Waals surface area contributed by atoms with Gasteiger partial charge in [0.05, 0.1) is 6.54 Å². The summed E-state index contributed by atoms with van der Waals surface area (Å²) in [5, 5.41) is 9.91. The molecule has 6 heteroatoms. The first kappa shape index (κ1) is 17.2. The Bertz CT molecular complexity index is 740. The number of benzene rings is 1. The van der Waals surface area contributed by atoms with Gasteiger partial charge in [0.1, 0.15) is 6.10 Å². The van der Waals surface area contributed by atoms with Gasteiger partial charge in [0.15, 0.2) is 5.69 Å². The summed E-state index contributed by atoms with van der Waals surface area (Å²) in [6.45, 7) is 1.68. The van der Waals surface area contributed by atoms with E-state index in [0.717, 1.165) is 48.9 Å². The summed E-state index contributed by atoms with van der Waals surface area (Å²) in [7, 11) is 0. The monoisotopic (exact) mass is 341 g/mol. The van der Waals surface area contributed by atoms with Crippen LogP contribution >= 0.6 is 0 Å². The van der Waals surface area contributed by atoms with Crippen LogP contribution in [0.15, 0.2) is 30.3 Å². The molecule has 6 nitrogen and oxygen atoms in total. The van der Waals surface area contributed by atoms with Gasteiger partial charge in [-0.05, 0) is 31.2 Å². The maximum absolute atomic E-state index is 12.7. The molecule has 1 heterocycles. The summed E-state index contributed by atoms with van der Waals surface area (Å²) < 4.78 is 5.70. The fourth-order valence-electron chi connectivity index (χ4n) is 3.14. The highest BCUT2D eigenvalue weighted by Gasteiger charge is 2.25. The number of aromatic amines is 1. The standard InChI is InChI=1S/C19H23N3O3/c1-13(23)20-12-17(14-8-4-2-5-9-14)25-19(24)18-15-10-6-3-7-11-16(15)21-22-18/h2,4-5,8-9,17H,3,6-7,10-12H2,1H3,(H,20,23)(H,21,22). The lowest BCUT2D eigenvalue weighted by Crippen LogP contribution is -2.29. The summed E-state index contributed by atoms with van der Waals surface area (Å²) >= 11 is 0. The number of nitrogens with one attached hydrogen (secondary N) is 2. The molecule has 132 valence electrons. The number of nitrogens with zero attached hydrogens (tertiary/aromatic N) is 1. The van der Waals surface area contributed by atoms with Crippen LogP contribution in [0.2, 0.25) is 0 Å². The van der Waals surface area contributed by atoms with Gasteiger partial charge in [0.2, 0.25) is 5.91 Å². The van der Waals surface area contributed by atoms with E-state index in [-0.39, 0.29) is 12.5 Å². The Morgan fingerprint density at radius 2 is 1.96 bits per heavy atom. The van der Waals surface area contributed by atoms with E-state index < -0.39 is 12.1 Å². The summed E-state index contributed by atoms with van der Waals surface area (Å²) in [6.07, 6.45) is 4.55. The van der Waals surface area contributed by atoms with Crippen LogP contribution in [-0.4, -0.2) is 28.6 Å². The summed E-state index contributed by atoms with van der Waals surface area (Å²) in [4.78, 5) is 24.0. The number of carbonyl (C=O) groups is 2. The smallest absolute Gasteiger partial charge is 0.359 e. The first-order valence-electron chi connectivity index (χ1n) is 8.71. The highest BCUT2D eigenvalue weighted by Crippen LogP contribution is 2.24. The van der Waals surface area contributed by atoms with Gasteiger partial charge in [0, 0.05) is 18.2 Å². The van der Waals surface area contributed by atoms with Crippen molar-refractivity contribution < 1.29 is 14.3 Å². The van der Waals surface area contributed by atoms with Crippen molar-refractivity contribution in [2.45, 2.75) is 45.1 Å². The number of aromatic nitrogens is 2. The largest absolute Gasteiger partial charge is 0.451 e. The molecule has 1 atom stereocenters. The van der Waals surface area contributed by atoms with E-state index in [2.05, 4.69) is 15.5 Å². The van der Waals surface area contributed by atoms with Crippen LogP contribution in [0.4, 0.5) is 0 Å². The minimum Gasteiger partial charge on any atom is -0.451 e. The number of carbonyl (C=O) groups excluding carboxylic acids is 2. The quantitative estimate of drug-likeness (QED) is 0.647. The van der Waals surface area contributed by atoms with E-state index in [1.807, 2.05) is 30.3 Å². The van der Waals surface area contributed by atoms with Gasteiger partial charge in [-0.25, -0.2) is 4.79 Å². The van der Waals surface area contributed by atoms with Crippen molar-refractivity contribution in [3.05, 3.63) is 52.8 Å². The summed E-state index contributed by atoms with van der Waals surface area (Å²) in [5.41, 5.74) is 3.24. The molecule has 2 N–H and O–H groups in total. The molecule has 0 spiro atoms. The number of rotatable bonds is 5. The molecule has 1 aromatic carbocycles. The van der Waals surface area contributed by atoms with E-state index in [4.69, 9.17) is 4.74 Å². The molecule has 2 aromatic rings. The molecule has 1 aliphatic rings. The van der Waals surface area contributed by atoms with Gasteiger partial charge in [-0.15, -0.1) is 0 Å². The fraction of sp³-hybridized carbons (Fsp3) is 0.421. The van der Waals surface area contributed by atoms with Gasteiger partial charge < -0.3 is 10.1 Å². The third-order valence-corrected chi connectivity index (χ3v) is 4.46. The normalized spacial score (nSPS) is 14.9. The lowest BCUT2D eigenvalue weighted by atomic mass is 10.1. The van der Waals surface area contributed by atoms with Crippen LogP contribution in [0.5, 0.6) is 0 Å². The number of fused-ring (bicyclic) bond motifs is 1. The highest BCUT2D eigenvalue weighted by atomic mass is 16.5. The Labute approximate surface area is 147 Å². The van der Waals surface area contributed by atoms with Gasteiger partial charge in [-0.1, -0.05) is 36.8 Å². The predicted molar refractivity (Wildman–Crippen MR) is 93.1 cm³/mol. The molecule has 0 saturated carbocycles. The van der Waals surface area contributed by atoms with Crippen molar-refractivity contribution in [2.24, 2.45) is 0 Å². The molecule has 0 radical (unpaired) electrons. The highest BCUT2D eigenvalue weighted by molar-refractivity contribution is 5.89. The molecule has 1 aliphatic carbocycles. The lowest BCUT2D eigenvalue weighted by molar-refractivity contribution is -0.119. The van der Waals surface area contributed by atoms with Crippen molar-refractivity contribution in [3.8, 4) is 0 Å². The van der Waals surface area contributed by atoms with Crippen molar-refractivity contribution in [1.82, 2.24) is 15.5 Å². The molecular formula is C19H23N3O3. The van der Waals surface area contributed by atoms with Gasteiger partial charge in [0.25, 0.3) is 0 Å². The lowest BCUT2D eigenvalue weighted by Gasteiger charge is -2.18. The van der Waals surface area contributed by atoms with Crippen LogP contribution in [0.1, 0.15) is 59.6 Å². The number of H-pyrrole nitrogens is 1. The summed E-state index contributed by atoms with van der Waals surface area (Å²) in [5.74, 6) is -0.607. The minimum atomic E-state index is -0.546. The van der Waals surface area contributed by atoms with Crippen LogP contribution < -0.4 is 5.32 Å². The average molecular weight is 341 g/mol. The van der Waals surface area contributed by atoms with Crippen LogP contribution in [0.3, 0.4) is 0 Å². The third kappa shape index (κ3) is 4.26. The first-order valence-corrected chi connectivity index (χ1v) is 8.71. The van der Waals surface area contributed by atoms with E-state index in [0.29, 0.717) is 5.69 Å². The number of amides is 1. The second-order valence-corrected chi connectivity index (χ2v) is 6.33. The molecule has 0 aliphatic heterocycles. The number of esters is 1. The maximum atomic E-state index is 12.7. The predicted octanol–water partition coefficient (Wildman–Crippen LogP) is 2.71. The molecule has 1 amide bonds. The van der Waals surface area contributed by atoms with Crippen molar-refractivity contribution in [3.63, 3.8) is 0 Å². The molecular weight excluding hydrogens is 318 g/mol. The third-order valence-electron chi connectivity index (χ3n) is 4.46. The molecule has 3 rings (SSSR count). The fourth-order valence-corrected chi connectivity index (χ4v) is 3.14. The van der Waals surface area contributed by atoms with Crippen molar-refractivity contribution in [1.29, 1.82) is 0 Å². The van der Waals surface area contributed by atoms with Gasteiger partial charge in [-0.3, -0.25) is 9.89 Å². The molecule has 0 bridgehead atoms. The van der Waals surface area contributed by atoms with E-state index >= 15 is 0 Å². The summed E-state index contributed by atoms with van der Waals surface area (Å²) in [6, 6.07) is 9.42. The number of ether oxygens (including phenoxy) is 1. The van der Waals surface area contributed by atoms with Gasteiger partial charge in [-0.2, -0.15) is 5.10 Å². The van der Waals surface area contributed by atoms with Crippen LogP contribution in [0, 0.1) is 0 Å². The Balaban J connectivity index is 1.78. The zero-order valence-electron chi connectivity index (χ0n) is 14.4. The van der Waals surface area contributed by atoms with E-state index in [9.17, 15) is 9.59 Å².